The molecule has 0 spiro atoms. The summed E-state index contributed by atoms with van der Waals surface area (Å²) in [5.74, 6) is 0.654. The summed E-state index contributed by atoms with van der Waals surface area (Å²) in [5.41, 5.74) is 0.579. The lowest BCUT2D eigenvalue weighted by molar-refractivity contribution is -0.0742. The van der Waals surface area contributed by atoms with Gasteiger partial charge in [0.15, 0.2) is 0 Å². The van der Waals surface area contributed by atoms with Gasteiger partial charge in [-0.1, -0.05) is 29.8 Å². The van der Waals surface area contributed by atoms with E-state index in [0.29, 0.717) is 49.9 Å². The Morgan fingerprint density at radius 3 is 2.44 bits per heavy atom. The second-order valence-corrected chi connectivity index (χ2v) is 9.66. The summed E-state index contributed by atoms with van der Waals surface area (Å²) in [6, 6.07) is 15.5. The van der Waals surface area contributed by atoms with Crippen molar-refractivity contribution in [3.8, 4) is 5.75 Å². The number of hydrogen-bond acceptors (Lipinski definition) is 6. The second-order valence-electron chi connectivity index (χ2n) is 9.23. The van der Waals surface area contributed by atoms with Gasteiger partial charge in [0.1, 0.15) is 18.0 Å². The monoisotopic (exact) mass is 460 g/mol. The lowest BCUT2D eigenvalue weighted by atomic mass is 9.89. The SMILES string of the molecule is Cc1ccccc1N1CCC(O)(CN2CCOC[C@](O)(COc3ccc(Cl)cc3)C2)CC1. The standard InChI is InChI=1S/C25H33ClN2O4/c1-20-4-2-3-5-23(20)28-12-10-24(29,11-13-28)16-27-14-15-31-18-25(30,17-27)19-32-22-8-6-21(26)7-9-22/h2-9,29-30H,10-19H2,1H3/t25-/m0/s1. The Bertz CT molecular complexity index is 886. The van der Waals surface area contributed by atoms with Crippen LogP contribution in [0.15, 0.2) is 48.5 Å². The van der Waals surface area contributed by atoms with E-state index in [4.69, 9.17) is 21.1 Å². The number of benzene rings is 2. The number of anilines is 1. The quantitative estimate of drug-likeness (QED) is 0.690. The van der Waals surface area contributed by atoms with Crippen molar-refractivity contribution < 1.29 is 19.7 Å². The third-order valence-electron chi connectivity index (χ3n) is 6.43. The topological polar surface area (TPSA) is 65.4 Å². The van der Waals surface area contributed by atoms with Gasteiger partial charge in [-0.25, -0.2) is 0 Å². The first-order valence-corrected chi connectivity index (χ1v) is 11.7. The van der Waals surface area contributed by atoms with Gasteiger partial charge < -0.3 is 24.6 Å². The van der Waals surface area contributed by atoms with Gasteiger partial charge in [0.05, 0.1) is 18.8 Å². The number of nitrogens with zero attached hydrogens (tertiary/aromatic N) is 2. The highest BCUT2D eigenvalue weighted by Crippen LogP contribution is 2.30. The summed E-state index contributed by atoms with van der Waals surface area (Å²) >= 11 is 5.93. The lowest BCUT2D eigenvalue weighted by Gasteiger charge is -2.42. The predicted octanol–water partition coefficient (Wildman–Crippen LogP) is 3.12. The van der Waals surface area contributed by atoms with Crippen LogP contribution in [0.5, 0.6) is 5.75 Å². The Hall–Kier alpha value is -1.83. The number of β-amino-alcohol motifs (C(OH)–C–C–N with tert-alkyl or cyclic N) is 2. The van der Waals surface area contributed by atoms with E-state index in [-0.39, 0.29) is 13.2 Å². The highest BCUT2D eigenvalue weighted by atomic mass is 35.5. The van der Waals surface area contributed by atoms with Gasteiger partial charge in [0, 0.05) is 43.4 Å². The molecule has 0 aromatic heterocycles. The molecule has 174 valence electrons. The fourth-order valence-electron chi connectivity index (χ4n) is 4.62. The molecule has 0 saturated carbocycles. The molecular weight excluding hydrogens is 428 g/mol. The number of ether oxygens (including phenoxy) is 2. The number of hydrogen-bond donors (Lipinski definition) is 2. The smallest absolute Gasteiger partial charge is 0.134 e. The Kier molecular flexibility index (Phi) is 7.27. The van der Waals surface area contributed by atoms with E-state index in [1.165, 1.54) is 11.3 Å². The third-order valence-corrected chi connectivity index (χ3v) is 6.68. The van der Waals surface area contributed by atoms with Crippen LogP contribution in [0.2, 0.25) is 5.02 Å². The molecule has 7 heteroatoms. The summed E-state index contributed by atoms with van der Waals surface area (Å²) in [7, 11) is 0. The van der Waals surface area contributed by atoms with Gasteiger partial charge >= 0.3 is 0 Å². The zero-order valence-corrected chi connectivity index (χ0v) is 19.4. The van der Waals surface area contributed by atoms with Crippen LogP contribution in [0.4, 0.5) is 5.69 Å². The first kappa shape index (κ1) is 23.3. The summed E-state index contributed by atoms with van der Waals surface area (Å²) < 4.78 is 11.5. The molecule has 2 aliphatic heterocycles. The molecule has 32 heavy (non-hydrogen) atoms. The number of halogens is 1. The Labute approximate surface area is 195 Å². The zero-order chi connectivity index (χ0) is 22.6. The Morgan fingerprint density at radius 2 is 1.72 bits per heavy atom. The summed E-state index contributed by atoms with van der Waals surface area (Å²) in [6.07, 6.45) is 1.39. The first-order valence-electron chi connectivity index (χ1n) is 11.3. The average molecular weight is 461 g/mol. The predicted molar refractivity (Wildman–Crippen MR) is 127 cm³/mol. The Balaban J connectivity index is 1.33. The molecule has 1 atom stereocenters. The van der Waals surface area contributed by atoms with E-state index in [9.17, 15) is 10.2 Å². The van der Waals surface area contributed by atoms with Crippen LogP contribution in [-0.4, -0.2) is 78.9 Å². The number of para-hydroxylation sites is 1. The second kappa shape index (κ2) is 9.98. The van der Waals surface area contributed by atoms with Crippen LogP contribution in [0.25, 0.3) is 0 Å². The molecule has 2 aromatic carbocycles. The molecule has 0 radical (unpaired) electrons. The molecule has 2 aromatic rings. The first-order chi connectivity index (χ1) is 15.3. The normalized spacial score (nSPS) is 24.2. The Morgan fingerprint density at radius 1 is 1.00 bits per heavy atom. The van der Waals surface area contributed by atoms with Crippen molar-refractivity contribution >= 4 is 17.3 Å². The van der Waals surface area contributed by atoms with Crippen LogP contribution in [0.3, 0.4) is 0 Å². The minimum Gasteiger partial charge on any atom is -0.490 e. The number of piperidine rings is 1. The van der Waals surface area contributed by atoms with E-state index in [0.717, 1.165) is 13.1 Å². The molecule has 2 saturated heterocycles. The molecule has 2 aliphatic rings. The average Bonchev–Trinajstić information content (AvgIpc) is 2.95. The van der Waals surface area contributed by atoms with Crippen LogP contribution >= 0.6 is 11.6 Å². The summed E-state index contributed by atoms with van der Waals surface area (Å²) in [6.45, 7) is 6.18. The van der Waals surface area contributed by atoms with E-state index in [2.05, 4.69) is 41.0 Å². The maximum atomic E-state index is 11.3. The fraction of sp³-hybridized carbons (Fsp3) is 0.520. The van der Waals surface area contributed by atoms with Gasteiger partial charge in [-0.15, -0.1) is 0 Å². The molecule has 4 rings (SSSR count). The van der Waals surface area contributed by atoms with Crippen molar-refractivity contribution in [2.45, 2.75) is 31.0 Å². The van der Waals surface area contributed by atoms with Crippen LogP contribution in [0.1, 0.15) is 18.4 Å². The number of rotatable bonds is 6. The van der Waals surface area contributed by atoms with Gasteiger partial charge in [0.2, 0.25) is 0 Å². The van der Waals surface area contributed by atoms with Gasteiger partial charge in [-0.05, 0) is 55.7 Å². The molecule has 2 fully saturated rings. The van der Waals surface area contributed by atoms with Crippen LogP contribution in [-0.2, 0) is 4.74 Å². The van der Waals surface area contributed by atoms with Crippen molar-refractivity contribution in [1.82, 2.24) is 4.90 Å². The largest absolute Gasteiger partial charge is 0.490 e. The highest BCUT2D eigenvalue weighted by Gasteiger charge is 2.39. The van der Waals surface area contributed by atoms with E-state index in [1.54, 1.807) is 24.3 Å². The van der Waals surface area contributed by atoms with E-state index < -0.39 is 11.2 Å². The van der Waals surface area contributed by atoms with Crippen molar-refractivity contribution in [2.75, 3.05) is 57.4 Å². The van der Waals surface area contributed by atoms with Gasteiger partial charge in [-0.3, -0.25) is 4.90 Å². The molecule has 0 amide bonds. The highest BCUT2D eigenvalue weighted by molar-refractivity contribution is 6.30. The molecule has 0 unspecified atom stereocenters. The van der Waals surface area contributed by atoms with Crippen molar-refractivity contribution in [3.05, 3.63) is 59.1 Å². The van der Waals surface area contributed by atoms with Crippen LogP contribution < -0.4 is 9.64 Å². The van der Waals surface area contributed by atoms with E-state index in [1.807, 2.05) is 0 Å². The van der Waals surface area contributed by atoms with Crippen LogP contribution in [0, 0.1) is 6.92 Å². The summed E-state index contributed by atoms with van der Waals surface area (Å²) in [4.78, 5) is 4.47. The minimum absolute atomic E-state index is 0.116. The molecule has 6 nitrogen and oxygen atoms in total. The fourth-order valence-corrected chi connectivity index (χ4v) is 4.75. The van der Waals surface area contributed by atoms with Crippen molar-refractivity contribution in [1.29, 1.82) is 0 Å². The van der Waals surface area contributed by atoms with Gasteiger partial charge in [-0.2, -0.15) is 0 Å². The zero-order valence-electron chi connectivity index (χ0n) is 18.7. The molecule has 0 aliphatic carbocycles. The number of aryl methyl sites for hydroxylation is 1. The van der Waals surface area contributed by atoms with Crippen molar-refractivity contribution in [3.63, 3.8) is 0 Å². The number of aliphatic hydroxyl groups is 2. The molecule has 0 bridgehead atoms. The maximum Gasteiger partial charge on any atom is 0.134 e. The minimum atomic E-state index is -1.14. The van der Waals surface area contributed by atoms with E-state index >= 15 is 0 Å². The van der Waals surface area contributed by atoms with Crippen molar-refractivity contribution in [2.24, 2.45) is 0 Å². The molecule has 2 heterocycles. The lowest BCUT2D eigenvalue weighted by Crippen LogP contribution is -2.55. The molecule has 2 N–H and O–H groups in total. The van der Waals surface area contributed by atoms with Gasteiger partial charge in [0.25, 0.3) is 0 Å². The third kappa shape index (κ3) is 5.94. The summed E-state index contributed by atoms with van der Waals surface area (Å²) in [5, 5.41) is 23.1. The maximum absolute atomic E-state index is 11.3. The molecular formula is C25H33ClN2O4.